The van der Waals surface area contributed by atoms with Crippen molar-refractivity contribution < 1.29 is 23.5 Å². The number of rotatable bonds is 14. The van der Waals surface area contributed by atoms with E-state index >= 15 is 0 Å². The topological polar surface area (TPSA) is 100 Å². The van der Waals surface area contributed by atoms with Crippen molar-refractivity contribution in [1.29, 1.82) is 0 Å². The molecule has 10 nitrogen and oxygen atoms in total. The molecule has 61 heavy (non-hydrogen) atoms. The van der Waals surface area contributed by atoms with Crippen molar-refractivity contribution >= 4 is 52.6 Å². The number of halogens is 4. The molecule has 7 rings (SSSR count). The average Bonchev–Trinajstić information content (AvgIpc) is 3.69. The molecule has 322 valence electrons. The van der Waals surface area contributed by atoms with Crippen molar-refractivity contribution in [3.05, 3.63) is 153 Å². The van der Waals surface area contributed by atoms with Crippen LogP contribution in [0.25, 0.3) is 0 Å². The molecule has 3 amide bonds. The molecular formula is C47H52Cl3FN6O4. The Hall–Kier alpha value is -4.94. The van der Waals surface area contributed by atoms with Crippen LogP contribution in [0.3, 0.4) is 0 Å². The van der Waals surface area contributed by atoms with E-state index in [0.29, 0.717) is 40.5 Å². The number of amides is 3. The predicted molar refractivity (Wildman–Crippen MR) is 239 cm³/mol. The Morgan fingerprint density at radius 1 is 0.902 bits per heavy atom. The van der Waals surface area contributed by atoms with Crippen molar-refractivity contribution in [2.24, 2.45) is 5.92 Å². The monoisotopic (exact) mass is 888 g/mol. The zero-order valence-electron chi connectivity index (χ0n) is 34.7. The first kappa shape index (κ1) is 45.6. The molecule has 1 aromatic heterocycles. The van der Waals surface area contributed by atoms with Crippen LogP contribution in [0.2, 0.25) is 15.1 Å². The molecule has 1 saturated carbocycles. The van der Waals surface area contributed by atoms with Gasteiger partial charge in [-0.3, -0.25) is 14.2 Å². The minimum absolute atomic E-state index is 0.0117. The summed E-state index contributed by atoms with van der Waals surface area (Å²) in [6, 6.07) is 29.7. The maximum atomic E-state index is 13.9. The Balaban J connectivity index is 0.000000232. The fraction of sp³-hybridized carbons (Fsp3) is 0.362. The lowest BCUT2D eigenvalue weighted by molar-refractivity contribution is -0.133. The van der Waals surface area contributed by atoms with Crippen LogP contribution < -0.4 is 10.1 Å². The van der Waals surface area contributed by atoms with Crippen molar-refractivity contribution in [2.75, 3.05) is 46.4 Å². The van der Waals surface area contributed by atoms with Gasteiger partial charge in [-0.2, -0.15) is 0 Å². The van der Waals surface area contributed by atoms with E-state index in [1.54, 1.807) is 53.4 Å². The van der Waals surface area contributed by atoms with Gasteiger partial charge in [-0.25, -0.2) is 14.2 Å². The number of ether oxygens (including phenoxy) is 1. The SMILES string of the molecule is CC(=O)NC1(c2ccccc2)CCN(C[C@@H]2C[C@@]2(C(=O)N(C)Cc2ccc(F)cc2)c2ccccc2)CC1.CCCN(CCOc1c(Cl)cc(Cl)cc1Cl)C(=O)n1ccnc1. The normalized spacial score (nSPS) is 18.0. The summed E-state index contributed by atoms with van der Waals surface area (Å²) in [6.45, 7) is 7.87. The van der Waals surface area contributed by atoms with Gasteiger partial charge in [0.25, 0.3) is 0 Å². The summed E-state index contributed by atoms with van der Waals surface area (Å²) in [5.74, 6) is 0.415. The summed E-state index contributed by atoms with van der Waals surface area (Å²) >= 11 is 18.0. The number of hydrogen-bond acceptors (Lipinski definition) is 6. The van der Waals surface area contributed by atoms with Crippen LogP contribution >= 0.6 is 34.8 Å². The lowest BCUT2D eigenvalue weighted by Gasteiger charge is -2.43. The molecule has 0 spiro atoms. The first-order valence-electron chi connectivity index (χ1n) is 20.5. The molecular weight excluding hydrogens is 838 g/mol. The maximum absolute atomic E-state index is 13.9. The van der Waals surface area contributed by atoms with Gasteiger partial charge in [0.05, 0.1) is 27.5 Å². The molecule has 2 heterocycles. The number of likely N-dealkylation sites (N-methyl/N-ethyl adjacent to an activating group) is 1. The Bertz CT molecular complexity index is 2200. The summed E-state index contributed by atoms with van der Waals surface area (Å²) in [5, 5.41) is 4.37. The van der Waals surface area contributed by atoms with Gasteiger partial charge in [0, 0.05) is 64.1 Å². The summed E-state index contributed by atoms with van der Waals surface area (Å²) in [7, 11) is 1.84. The highest BCUT2D eigenvalue weighted by Gasteiger charge is 2.62. The fourth-order valence-electron chi connectivity index (χ4n) is 8.34. The van der Waals surface area contributed by atoms with Gasteiger partial charge in [-0.15, -0.1) is 0 Å². The van der Waals surface area contributed by atoms with E-state index in [-0.39, 0.29) is 41.7 Å². The smallest absolute Gasteiger partial charge is 0.329 e. The highest BCUT2D eigenvalue weighted by atomic mass is 35.5. The number of carbonyl (C=O) groups excluding carboxylic acids is 3. The molecule has 2 fully saturated rings. The number of nitrogens with zero attached hydrogens (tertiary/aromatic N) is 5. The van der Waals surface area contributed by atoms with E-state index in [1.165, 1.54) is 23.0 Å². The number of imidazole rings is 1. The summed E-state index contributed by atoms with van der Waals surface area (Å²) in [4.78, 5) is 48.2. The number of hydrogen-bond donors (Lipinski definition) is 1. The Labute approximate surface area is 372 Å². The van der Waals surface area contributed by atoms with Crippen LogP contribution in [-0.4, -0.2) is 88.5 Å². The standard InChI is InChI=1S/C32H36FN3O2.C15H16Cl3N3O2/c1-24(37)34-31(26-9-5-3-6-10-26)17-19-36(20-18-31)23-28-21-32(28,27-11-7-4-8-12-27)30(38)35(2)22-25-13-15-29(33)16-14-25;1-2-4-20(15(22)21-5-3-19-10-21)6-7-23-14-12(17)8-11(16)9-13(14)18/h3-16,28H,17-23H2,1-2H3,(H,34,37);3,5,8-10H,2,4,6-7H2,1H3/t28-,32+;/m0./s1. The van der Waals surface area contributed by atoms with Gasteiger partial charge < -0.3 is 24.8 Å². The van der Waals surface area contributed by atoms with Gasteiger partial charge in [0.1, 0.15) is 18.8 Å². The van der Waals surface area contributed by atoms with Crippen LogP contribution in [-0.2, 0) is 27.1 Å². The Kier molecular flexibility index (Phi) is 15.5. The zero-order valence-corrected chi connectivity index (χ0v) is 37.0. The van der Waals surface area contributed by atoms with E-state index in [0.717, 1.165) is 62.0 Å². The molecule has 1 aliphatic carbocycles. The van der Waals surface area contributed by atoms with Gasteiger partial charge >= 0.3 is 6.03 Å². The van der Waals surface area contributed by atoms with Gasteiger partial charge in [0.2, 0.25) is 11.8 Å². The molecule has 2 atom stereocenters. The summed E-state index contributed by atoms with van der Waals surface area (Å²) < 4.78 is 20.4. The van der Waals surface area contributed by atoms with E-state index in [4.69, 9.17) is 39.5 Å². The third-order valence-electron chi connectivity index (χ3n) is 11.4. The quantitative estimate of drug-likeness (QED) is 0.119. The lowest BCUT2D eigenvalue weighted by atomic mass is 9.80. The van der Waals surface area contributed by atoms with E-state index in [2.05, 4.69) is 39.5 Å². The van der Waals surface area contributed by atoms with Crippen LogP contribution in [0.4, 0.5) is 9.18 Å². The molecule has 4 aromatic carbocycles. The fourth-order valence-corrected chi connectivity index (χ4v) is 9.27. The highest BCUT2D eigenvalue weighted by Crippen LogP contribution is 2.56. The van der Waals surface area contributed by atoms with Gasteiger partial charge in [-0.1, -0.05) is 115 Å². The zero-order chi connectivity index (χ0) is 43.6. The molecule has 2 aliphatic rings. The highest BCUT2D eigenvalue weighted by molar-refractivity contribution is 6.40. The number of benzene rings is 4. The Morgan fingerprint density at radius 3 is 2.10 bits per heavy atom. The second-order valence-corrected chi connectivity index (χ2v) is 17.0. The molecule has 0 radical (unpaired) electrons. The van der Waals surface area contributed by atoms with Crippen LogP contribution in [0.1, 0.15) is 56.2 Å². The maximum Gasteiger partial charge on any atom is 0.329 e. The first-order chi connectivity index (χ1) is 29.3. The molecule has 14 heteroatoms. The van der Waals surface area contributed by atoms with Gasteiger partial charge in [0.15, 0.2) is 5.75 Å². The van der Waals surface area contributed by atoms with Crippen LogP contribution in [0.15, 0.2) is 116 Å². The number of likely N-dealkylation sites (tertiary alicyclic amines) is 1. The lowest BCUT2D eigenvalue weighted by Crippen LogP contribution is -2.53. The second-order valence-electron chi connectivity index (χ2n) is 15.7. The van der Waals surface area contributed by atoms with Crippen LogP contribution in [0.5, 0.6) is 5.75 Å². The summed E-state index contributed by atoms with van der Waals surface area (Å²) in [6.07, 6.45) is 7.96. The third kappa shape index (κ3) is 11.3. The molecule has 5 aromatic rings. The number of nitrogens with one attached hydrogen (secondary N) is 1. The van der Waals surface area contributed by atoms with Crippen molar-refractivity contribution in [2.45, 2.75) is 57.0 Å². The van der Waals surface area contributed by atoms with E-state index in [9.17, 15) is 18.8 Å². The minimum Gasteiger partial charge on any atom is -0.489 e. The van der Waals surface area contributed by atoms with E-state index in [1.807, 2.05) is 50.4 Å². The molecule has 1 saturated heterocycles. The number of aromatic nitrogens is 2. The van der Waals surface area contributed by atoms with Gasteiger partial charge in [-0.05, 0) is 72.6 Å². The number of piperidine rings is 1. The average molecular weight is 890 g/mol. The molecule has 0 bridgehead atoms. The predicted octanol–water partition coefficient (Wildman–Crippen LogP) is 9.47. The van der Waals surface area contributed by atoms with Crippen molar-refractivity contribution in [3.8, 4) is 5.75 Å². The molecule has 0 unspecified atom stereocenters. The van der Waals surface area contributed by atoms with Crippen LogP contribution in [0, 0.1) is 11.7 Å². The second kappa shape index (κ2) is 20.8. The largest absolute Gasteiger partial charge is 0.489 e. The van der Waals surface area contributed by atoms with Crippen molar-refractivity contribution in [3.63, 3.8) is 0 Å². The molecule has 1 N–H and O–H groups in total. The summed E-state index contributed by atoms with van der Waals surface area (Å²) in [5.41, 5.74) is 2.23. The van der Waals surface area contributed by atoms with E-state index < -0.39 is 5.41 Å². The van der Waals surface area contributed by atoms with Crippen molar-refractivity contribution in [1.82, 2.24) is 29.6 Å². The third-order valence-corrected chi connectivity index (χ3v) is 12.2. The minimum atomic E-state index is -0.540. The first-order valence-corrected chi connectivity index (χ1v) is 21.7. The number of carbonyl (C=O) groups is 3. The Morgan fingerprint density at radius 2 is 1.52 bits per heavy atom. The molecule has 1 aliphatic heterocycles.